The highest BCUT2D eigenvalue weighted by Gasteiger charge is 2.32. The lowest BCUT2D eigenvalue weighted by atomic mass is 10.2. The maximum atomic E-state index is 13.1. The van der Waals surface area contributed by atoms with Crippen molar-refractivity contribution in [1.82, 2.24) is 14.5 Å². The average molecular weight is 371 g/mol. The Morgan fingerprint density at radius 1 is 1.27 bits per heavy atom. The van der Waals surface area contributed by atoms with Gasteiger partial charge in [-0.05, 0) is 42.0 Å². The molecular weight excluding hydrogens is 353 g/mol. The van der Waals surface area contributed by atoms with Gasteiger partial charge in [0.15, 0.2) is 0 Å². The highest BCUT2D eigenvalue weighted by atomic mass is 32.1. The number of rotatable bonds is 6. The van der Waals surface area contributed by atoms with Crippen LogP contribution in [-0.4, -0.2) is 26.4 Å². The molecule has 2 heterocycles. The van der Waals surface area contributed by atoms with E-state index in [0.29, 0.717) is 23.3 Å². The largest absolute Gasteiger partial charge is 0.335 e. The predicted molar refractivity (Wildman–Crippen MR) is 98.5 cm³/mol. The maximum absolute atomic E-state index is 13.1. The van der Waals surface area contributed by atoms with Gasteiger partial charge in [0.05, 0.1) is 11.7 Å². The molecule has 1 aromatic carbocycles. The van der Waals surface area contributed by atoms with Crippen LogP contribution in [0.4, 0.5) is 4.39 Å². The number of amides is 1. The number of halogens is 1. The van der Waals surface area contributed by atoms with Gasteiger partial charge in [-0.25, -0.2) is 9.37 Å². The Hall–Kier alpha value is -2.54. The van der Waals surface area contributed by atoms with Crippen LogP contribution in [0, 0.1) is 5.82 Å². The van der Waals surface area contributed by atoms with Crippen LogP contribution in [0.2, 0.25) is 0 Å². The molecule has 0 saturated heterocycles. The quantitative estimate of drug-likeness (QED) is 0.669. The second-order valence-electron chi connectivity index (χ2n) is 6.51. The van der Waals surface area contributed by atoms with Gasteiger partial charge in [0.2, 0.25) is 5.91 Å². The smallest absolute Gasteiger partial charge is 0.262 e. The highest BCUT2D eigenvalue weighted by Crippen LogP contribution is 2.29. The molecule has 0 aliphatic heterocycles. The molecule has 5 nitrogen and oxygen atoms in total. The van der Waals surface area contributed by atoms with Crippen molar-refractivity contribution in [2.75, 3.05) is 0 Å². The van der Waals surface area contributed by atoms with Crippen LogP contribution in [0.3, 0.4) is 0 Å². The Bertz CT molecular complexity index is 992. The van der Waals surface area contributed by atoms with E-state index >= 15 is 0 Å². The van der Waals surface area contributed by atoms with Gasteiger partial charge in [0.25, 0.3) is 5.56 Å². The number of carbonyl (C=O) groups is 1. The minimum absolute atomic E-state index is 0.00846. The van der Waals surface area contributed by atoms with Crippen molar-refractivity contribution in [3.05, 3.63) is 63.8 Å². The number of nitrogens with zero attached hydrogens (tertiary/aromatic N) is 3. The van der Waals surface area contributed by atoms with E-state index in [1.54, 1.807) is 18.2 Å². The predicted octanol–water partition coefficient (Wildman–Crippen LogP) is 3.18. The SMILES string of the molecule is O=C(CCn1cnc2sccc2c1=O)N(Cc1ccc(F)cc1)C1CC1. The van der Waals surface area contributed by atoms with Crippen LogP contribution < -0.4 is 5.56 Å². The summed E-state index contributed by atoms with van der Waals surface area (Å²) < 4.78 is 14.6. The molecule has 0 N–H and O–H groups in total. The second kappa shape index (κ2) is 6.99. The fraction of sp³-hybridized carbons (Fsp3) is 0.316. The Balaban J connectivity index is 1.45. The molecule has 1 amide bonds. The molecule has 1 aliphatic carbocycles. The molecule has 0 radical (unpaired) electrons. The first kappa shape index (κ1) is 16.9. The monoisotopic (exact) mass is 371 g/mol. The van der Waals surface area contributed by atoms with Crippen molar-refractivity contribution < 1.29 is 9.18 Å². The van der Waals surface area contributed by atoms with Crippen molar-refractivity contribution in [1.29, 1.82) is 0 Å². The van der Waals surface area contributed by atoms with Crippen molar-refractivity contribution in [3.8, 4) is 0 Å². The first-order valence-corrected chi connectivity index (χ1v) is 9.46. The Kier molecular flexibility index (Phi) is 4.55. The lowest BCUT2D eigenvalue weighted by molar-refractivity contribution is -0.132. The molecule has 26 heavy (non-hydrogen) atoms. The summed E-state index contributed by atoms with van der Waals surface area (Å²) in [5.74, 6) is -0.275. The van der Waals surface area contributed by atoms with Gasteiger partial charge < -0.3 is 4.90 Å². The standard InChI is InChI=1S/C19H18FN3O2S/c20-14-3-1-13(2-4-14)11-23(15-5-6-15)17(24)7-9-22-12-21-18-16(19(22)25)8-10-26-18/h1-4,8,10,12,15H,5-7,9,11H2. The summed E-state index contributed by atoms with van der Waals surface area (Å²) in [7, 11) is 0. The number of hydrogen-bond acceptors (Lipinski definition) is 4. The number of carbonyl (C=O) groups excluding carboxylic acids is 1. The summed E-state index contributed by atoms with van der Waals surface area (Å²) in [4.78, 5) is 32.0. The van der Waals surface area contributed by atoms with Gasteiger partial charge in [-0.3, -0.25) is 14.2 Å². The minimum Gasteiger partial charge on any atom is -0.335 e. The van der Waals surface area contributed by atoms with Gasteiger partial charge in [-0.2, -0.15) is 0 Å². The van der Waals surface area contributed by atoms with Crippen molar-refractivity contribution in [3.63, 3.8) is 0 Å². The number of aryl methyl sites for hydroxylation is 1. The van der Waals surface area contributed by atoms with E-state index in [4.69, 9.17) is 0 Å². The summed E-state index contributed by atoms with van der Waals surface area (Å²) in [6, 6.07) is 8.24. The third-order valence-electron chi connectivity index (χ3n) is 4.59. The minimum atomic E-state index is -0.284. The molecule has 134 valence electrons. The van der Waals surface area contributed by atoms with E-state index in [9.17, 15) is 14.0 Å². The molecule has 4 rings (SSSR count). The Morgan fingerprint density at radius 2 is 2.04 bits per heavy atom. The molecule has 3 aromatic rings. The molecule has 7 heteroatoms. The summed E-state index contributed by atoms with van der Waals surface area (Å²) in [5, 5.41) is 2.43. The van der Waals surface area contributed by atoms with Crippen LogP contribution in [-0.2, 0) is 17.9 Å². The van der Waals surface area contributed by atoms with Gasteiger partial charge in [-0.15, -0.1) is 11.3 Å². The summed E-state index contributed by atoms with van der Waals surface area (Å²) in [6.07, 6.45) is 3.75. The third-order valence-corrected chi connectivity index (χ3v) is 5.41. The molecule has 0 atom stereocenters. The first-order valence-electron chi connectivity index (χ1n) is 8.58. The van der Waals surface area contributed by atoms with E-state index in [1.807, 2.05) is 10.3 Å². The van der Waals surface area contributed by atoms with E-state index < -0.39 is 0 Å². The van der Waals surface area contributed by atoms with Gasteiger partial charge in [0, 0.05) is 25.6 Å². The van der Waals surface area contributed by atoms with Crippen LogP contribution >= 0.6 is 11.3 Å². The lowest BCUT2D eigenvalue weighted by Crippen LogP contribution is -2.34. The fourth-order valence-corrected chi connectivity index (χ4v) is 3.73. The Morgan fingerprint density at radius 3 is 2.77 bits per heavy atom. The van der Waals surface area contributed by atoms with Crippen molar-refractivity contribution >= 4 is 27.5 Å². The number of benzene rings is 1. The lowest BCUT2D eigenvalue weighted by Gasteiger charge is -2.23. The molecule has 1 aliphatic rings. The average Bonchev–Trinajstić information content (AvgIpc) is 3.36. The fourth-order valence-electron chi connectivity index (χ4n) is 3.01. The maximum Gasteiger partial charge on any atom is 0.262 e. The highest BCUT2D eigenvalue weighted by molar-refractivity contribution is 7.16. The van der Waals surface area contributed by atoms with Gasteiger partial charge in [0.1, 0.15) is 10.6 Å². The second-order valence-corrected chi connectivity index (χ2v) is 7.41. The van der Waals surface area contributed by atoms with Crippen molar-refractivity contribution in [2.24, 2.45) is 0 Å². The zero-order chi connectivity index (χ0) is 18.1. The molecule has 0 spiro atoms. The Labute approximate surface area is 153 Å². The zero-order valence-electron chi connectivity index (χ0n) is 14.1. The number of thiophene rings is 1. The summed E-state index contributed by atoms with van der Waals surface area (Å²) in [5.41, 5.74) is 0.797. The van der Waals surface area contributed by atoms with Crippen LogP contribution in [0.15, 0.2) is 46.8 Å². The third kappa shape index (κ3) is 3.53. The summed E-state index contributed by atoms with van der Waals surface area (Å²) in [6.45, 7) is 0.781. The van der Waals surface area contributed by atoms with Crippen LogP contribution in [0.1, 0.15) is 24.8 Å². The molecule has 0 unspecified atom stereocenters. The van der Waals surface area contributed by atoms with E-state index in [0.717, 1.165) is 18.4 Å². The number of aromatic nitrogens is 2. The van der Waals surface area contributed by atoms with Gasteiger partial charge in [-0.1, -0.05) is 12.1 Å². The molecule has 0 bridgehead atoms. The van der Waals surface area contributed by atoms with Crippen LogP contribution in [0.5, 0.6) is 0 Å². The molecule has 1 fully saturated rings. The molecule has 2 aromatic heterocycles. The number of hydrogen-bond donors (Lipinski definition) is 0. The van der Waals surface area contributed by atoms with E-state index in [1.165, 1.54) is 34.4 Å². The van der Waals surface area contributed by atoms with Gasteiger partial charge >= 0.3 is 0 Å². The molecular formula is C19H18FN3O2S. The zero-order valence-corrected chi connectivity index (χ0v) is 14.9. The van der Waals surface area contributed by atoms with E-state index in [2.05, 4.69) is 4.98 Å². The topological polar surface area (TPSA) is 55.2 Å². The molecule has 1 saturated carbocycles. The first-order chi connectivity index (χ1) is 12.6. The number of fused-ring (bicyclic) bond motifs is 1. The van der Waals surface area contributed by atoms with Crippen molar-refractivity contribution in [2.45, 2.75) is 38.4 Å². The van der Waals surface area contributed by atoms with E-state index in [-0.39, 0.29) is 29.7 Å². The normalized spacial score (nSPS) is 13.9. The summed E-state index contributed by atoms with van der Waals surface area (Å²) >= 11 is 1.43. The van der Waals surface area contributed by atoms with Crippen LogP contribution in [0.25, 0.3) is 10.2 Å².